The fourth-order valence-corrected chi connectivity index (χ4v) is 11.7. The lowest BCUT2D eigenvalue weighted by atomic mass is 9.96. The molecule has 38 heavy (non-hydrogen) atoms. The maximum atomic E-state index is 13.5. The molecule has 4 aromatic rings. The molecule has 0 spiro atoms. The average Bonchev–Trinajstić information content (AvgIpc) is 2.90. The third-order valence-corrected chi connectivity index (χ3v) is 14.6. The average molecular weight is 589 g/mol. The van der Waals surface area contributed by atoms with Crippen LogP contribution in [0.2, 0.25) is 16.6 Å². The summed E-state index contributed by atoms with van der Waals surface area (Å²) in [6, 6.07) is 22.0. The van der Waals surface area contributed by atoms with Gasteiger partial charge in [0.05, 0.1) is 5.69 Å². The molecule has 1 aromatic heterocycles. The summed E-state index contributed by atoms with van der Waals surface area (Å²) >= 11 is 3.58. The number of rotatable bonds is 9. The van der Waals surface area contributed by atoms with E-state index in [4.69, 9.17) is 9.41 Å². The number of hydrogen-bond donors (Lipinski definition) is 0. The Hall–Kier alpha value is -2.76. The highest BCUT2D eigenvalue weighted by Crippen LogP contribution is 2.43. The zero-order chi connectivity index (χ0) is 27.6. The summed E-state index contributed by atoms with van der Waals surface area (Å²) in [6.07, 6.45) is 2.70. The first kappa shape index (κ1) is 28.3. The van der Waals surface area contributed by atoms with E-state index in [2.05, 4.69) is 88.7 Å². The van der Waals surface area contributed by atoms with Gasteiger partial charge < -0.3 is 4.43 Å². The van der Waals surface area contributed by atoms with Crippen LogP contribution in [0.4, 0.5) is 0 Å². The summed E-state index contributed by atoms with van der Waals surface area (Å²) in [7, 11) is -2.09. The van der Waals surface area contributed by atoms with Crippen LogP contribution < -0.4 is 4.43 Å². The lowest BCUT2D eigenvalue weighted by molar-refractivity contribution is 0.103. The van der Waals surface area contributed by atoms with Gasteiger partial charge in [0.2, 0.25) is 0 Å². The second kappa shape index (κ2) is 11.5. The van der Waals surface area contributed by atoms with Gasteiger partial charge in [-0.25, -0.2) is 0 Å². The van der Waals surface area contributed by atoms with Crippen molar-refractivity contribution < 1.29 is 9.22 Å². The van der Waals surface area contributed by atoms with Crippen molar-refractivity contribution in [2.45, 2.75) is 71.5 Å². The summed E-state index contributed by atoms with van der Waals surface area (Å²) in [5.74, 6) is 0.917. The molecule has 0 atom stereocenters. The van der Waals surface area contributed by atoms with E-state index >= 15 is 0 Å². The number of carbonyl (C=O) groups is 1. The predicted molar refractivity (Wildman–Crippen MR) is 166 cm³/mol. The Balaban J connectivity index is 1.77. The van der Waals surface area contributed by atoms with Gasteiger partial charge in [0.25, 0.3) is 8.32 Å². The molecule has 4 rings (SSSR count). The van der Waals surface area contributed by atoms with Gasteiger partial charge in [-0.2, -0.15) is 0 Å². The third-order valence-electron chi connectivity index (χ3n) is 7.83. The number of benzene rings is 3. The molecule has 3 aromatic carbocycles. The molecule has 0 aliphatic rings. The fourth-order valence-electron chi connectivity index (χ4n) is 5.96. The Labute approximate surface area is 236 Å². The number of fused-ring (bicyclic) bond motifs is 1. The van der Waals surface area contributed by atoms with E-state index in [-0.39, 0.29) is 5.78 Å². The standard InChI is InChI=1S/C33H38BrNO2Si/c1-8-24-18-27(14-15-31(24)34)33(36)28-13-12-25-16-17-35-32(30(25)20-28)26-10-9-11-29(19-26)37-38(21(2)3,22(4)5)23(6)7/h9-23H,8H2,1-7H3. The van der Waals surface area contributed by atoms with Gasteiger partial charge in [0.15, 0.2) is 5.78 Å². The summed E-state index contributed by atoms with van der Waals surface area (Å²) in [5.41, 5.74) is 5.80. The molecular formula is C33H38BrNO2Si. The zero-order valence-corrected chi connectivity index (χ0v) is 26.1. The number of ketones is 1. The lowest BCUT2D eigenvalue weighted by Crippen LogP contribution is -2.50. The molecule has 198 valence electrons. The van der Waals surface area contributed by atoms with Gasteiger partial charge in [0, 0.05) is 32.7 Å². The molecule has 1 heterocycles. The van der Waals surface area contributed by atoms with Gasteiger partial charge in [-0.05, 0) is 76.5 Å². The normalized spacial score (nSPS) is 12.1. The zero-order valence-electron chi connectivity index (χ0n) is 23.5. The van der Waals surface area contributed by atoms with Crippen molar-refractivity contribution in [3.8, 4) is 17.0 Å². The van der Waals surface area contributed by atoms with Crippen LogP contribution in [0.25, 0.3) is 22.0 Å². The van der Waals surface area contributed by atoms with Gasteiger partial charge in [0.1, 0.15) is 5.75 Å². The monoisotopic (exact) mass is 587 g/mol. The van der Waals surface area contributed by atoms with Gasteiger partial charge in [-0.1, -0.05) is 88.7 Å². The highest BCUT2D eigenvalue weighted by atomic mass is 79.9. The van der Waals surface area contributed by atoms with Crippen molar-refractivity contribution in [1.29, 1.82) is 0 Å². The maximum Gasteiger partial charge on any atom is 0.258 e. The van der Waals surface area contributed by atoms with E-state index in [1.54, 1.807) is 0 Å². The fraction of sp³-hybridized carbons (Fsp3) is 0.333. The van der Waals surface area contributed by atoms with Crippen LogP contribution in [0, 0.1) is 0 Å². The van der Waals surface area contributed by atoms with Gasteiger partial charge in [-0.15, -0.1) is 0 Å². The highest BCUT2D eigenvalue weighted by molar-refractivity contribution is 9.10. The molecular weight excluding hydrogens is 550 g/mol. The van der Waals surface area contributed by atoms with Crippen LogP contribution in [0.1, 0.15) is 70.0 Å². The van der Waals surface area contributed by atoms with Crippen molar-refractivity contribution in [2.24, 2.45) is 0 Å². The van der Waals surface area contributed by atoms with Gasteiger partial charge >= 0.3 is 0 Å². The van der Waals surface area contributed by atoms with E-state index in [0.717, 1.165) is 44.2 Å². The molecule has 5 heteroatoms. The smallest absolute Gasteiger partial charge is 0.258 e. The Morgan fingerprint density at radius 2 is 1.53 bits per heavy atom. The van der Waals surface area contributed by atoms with Crippen LogP contribution in [-0.4, -0.2) is 19.1 Å². The second-order valence-electron chi connectivity index (χ2n) is 11.0. The van der Waals surface area contributed by atoms with Crippen molar-refractivity contribution in [1.82, 2.24) is 4.98 Å². The third kappa shape index (κ3) is 5.37. The maximum absolute atomic E-state index is 13.5. The number of carbonyl (C=O) groups excluding carboxylic acids is 1. The molecule has 0 aliphatic heterocycles. The molecule has 0 fully saturated rings. The lowest BCUT2D eigenvalue weighted by Gasteiger charge is -2.42. The number of halogens is 1. The van der Waals surface area contributed by atoms with E-state index in [9.17, 15) is 4.79 Å². The van der Waals surface area contributed by atoms with Crippen molar-refractivity contribution in [3.05, 3.63) is 94.1 Å². The molecule has 0 amide bonds. The largest absolute Gasteiger partial charge is 0.543 e. The first-order chi connectivity index (χ1) is 18.1. The van der Waals surface area contributed by atoms with Crippen LogP contribution in [0.5, 0.6) is 5.75 Å². The highest BCUT2D eigenvalue weighted by Gasteiger charge is 2.47. The van der Waals surface area contributed by atoms with Crippen LogP contribution >= 0.6 is 15.9 Å². The molecule has 3 nitrogen and oxygen atoms in total. The molecule has 0 unspecified atom stereocenters. The first-order valence-electron chi connectivity index (χ1n) is 13.6. The minimum Gasteiger partial charge on any atom is -0.543 e. The molecule has 0 bridgehead atoms. The Kier molecular flexibility index (Phi) is 8.58. The van der Waals surface area contributed by atoms with E-state index in [0.29, 0.717) is 27.8 Å². The van der Waals surface area contributed by atoms with E-state index in [1.807, 2.05) is 48.7 Å². The molecule has 0 radical (unpaired) electrons. The van der Waals surface area contributed by atoms with Crippen molar-refractivity contribution in [2.75, 3.05) is 0 Å². The number of aryl methyl sites for hydroxylation is 1. The quantitative estimate of drug-likeness (QED) is 0.144. The molecule has 0 saturated carbocycles. The number of pyridine rings is 1. The van der Waals surface area contributed by atoms with Crippen LogP contribution in [-0.2, 0) is 6.42 Å². The Morgan fingerprint density at radius 3 is 2.18 bits per heavy atom. The van der Waals surface area contributed by atoms with E-state index < -0.39 is 8.32 Å². The number of aromatic nitrogens is 1. The molecule has 0 aliphatic carbocycles. The Bertz CT molecular complexity index is 1440. The minimum absolute atomic E-state index is 0.0163. The topological polar surface area (TPSA) is 39.2 Å². The number of hydrogen-bond acceptors (Lipinski definition) is 3. The molecule has 0 N–H and O–H groups in total. The second-order valence-corrected chi connectivity index (χ2v) is 17.3. The Morgan fingerprint density at radius 1 is 0.868 bits per heavy atom. The SMILES string of the molecule is CCc1cc(C(=O)c2ccc3ccnc(-c4cccc(O[Si](C(C)C)(C(C)C)C(C)C)c4)c3c2)ccc1Br. The summed E-state index contributed by atoms with van der Waals surface area (Å²) in [6.45, 7) is 15.9. The predicted octanol–water partition coefficient (Wildman–Crippen LogP) is 10.0. The summed E-state index contributed by atoms with van der Waals surface area (Å²) in [5, 5.41) is 2.02. The van der Waals surface area contributed by atoms with Crippen LogP contribution in [0.15, 0.2) is 77.4 Å². The van der Waals surface area contributed by atoms with Gasteiger partial charge in [-0.3, -0.25) is 9.78 Å². The summed E-state index contributed by atoms with van der Waals surface area (Å²) < 4.78 is 8.00. The van der Waals surface area contributed by atoms with E-state index in [1.165, 1.54) is 0 Å². The minimum atomic E-state index is -2.09. The van der Waals surface area contributed by atoms with Crippen molar-refractivity contribution >= 4 is 40.8 Å². The molecule has 0 saturated heterocycles. The van der Waals surface area contributed by atoms with Crippen LogP contribution in [0.3, 0.4) is 0 Å². The first-order valence-corrected chi connectivity index (χ1v) is 16.5. The number of nitrogens with zero attached hydrogens (tertiary/aromatic N) is 1. The summed E-state index contributed by atoms with van der Waals surface area (Å²) in [4.78, 5) is 18.2. The van der Waals surface area contributed by atoms with Crippen molar-refractivity contribution in [3.63, 3.8) is 0 Å².